The van der Waals surface area contributed by atoms with Crippen molar-refractivity contribution in [1.29, 1.82) is 0 Å². The standard InChI is InChI=1S/C20H19N3O6/c1-28-15-8-4-3-7-13(15)21-17(24)11-23-19(26)14(22-20(23)27)10-12-6-5-9-16(29-2)18(12)25/h3-10,25H,11H2,1-2H3,(H,21,24)(H,22,27)/b14-10-. The van der Waals surface area contributed by atoms with Crippen molar-refractivity contribution in [2.75, 3.05) is 26.1 Å². The highest BCUT2D eigenvalue weighted by Crippen LogP contribution is 2.31. The summed E-state index contributed by atoms with van der Waals surface area (Å²) in [6.45, 7) is -0.482. The molecule has 29 heavy (non-hydrogen) atoms. The lowest BCUT2D eigenvalue weighted by Crippen LogP contribution is -2.38. The largest absolute Gasteiger partial charge is 0.504 e. The zero-order chi connectivity index (χ0) is 21.0. The minimum absolute atomic E-state index is 0.0661. The maximum absolute atomic E-state index is 12.6. The molecule has 0 radical (unpaired) electrons. The molecule has 1 saturated heterocycles. The van der Waals surface area contributed by atoms with Crippen molar-refractivity contribution in [2.24, 2.45) is 0 Å². The molecule has 150 valence electrons. The molecule has 4 amide bonds. The van der Waals surface area contributed by atoms with Gasteiger partial charge in [0.25, 0.3) is 5.91 Å². The number of hydrogen-bond acceptors (Lipinski definition) is 6. The number of para-hydroxylation sites is 3. The predicted octanol–water partition coefficient (Wildman–Crippen LogP) is 1.94. The Kier molecular flexibility index (Phi) is 5.68. The molecule has 3 N–H and O–H groups in total. The number of urea groups is 1. The minimum Gasteiger partial charge on any atom is -0.504 e. The van der Waals surface area contributed by atoms with Gasteiger partial charge in [-0.05, 0) is 24.3 Å². The SMILES string of the molecule is COc1ccccc1NC(=O)CN1C(=O)N/C(=C\c2cccc(OC)c2O)C1=O. The van der Waals surface area contributed by atoms with Crippen LogP contribution in [0.1, 0.15) is 5.56 Å². The van der Waals surface area contributed by atoms with Crippen molar-refractivity contribution in [3.63, 3.8) is 0 Å². The van der Waals surface area contributed by atoms with Crippen molar-refractivity contribution < 1.29 is 29.0 Å². The molecular formula is C20H19N3O6. The molecule has 1 aliphatic rings. The Morgan fingerprint density at radius 1 is 1.10 bits per heavy atom. The summed E-state index contributed by atoms with van der Waals surface area (Å²) in [6.07, 6.45) is 1.32. The summed E-state index contributed by atoms with van der Waals surface area (Å²) in [5, 5.41) is 15.1. The van der Waals surface area contributed by atoms with Crippen LogP contribution >= 0.6 is 0 Å². The number of anilines is 1. The number of aromatic hydroxyl groups is 1. The lowest BCUT2D eigenvalue weighted by atomic mass is 10.1. The molecule has 0 unspecified atom stereocenters. The van der Waals surface area contributed by atoms with E-state index in [4.69, 9.17) is 9.47 Å². The van der Waals surface area contributed by atoms with Gasteiger partial charge in [0.05, 0.1) is 19.9 Å². The van der Waals surface area contributed by atoms with Crippen LogP contribution in [-0.2, 0) is 9.59 Å². The van der Waals surface area contributed by atoms with E-state index in [2.05, 4.69) is 10.6 Å². The van der Waals surface area contributed by atoms with Crippen molar-refractivity contribution in [1.82, 2.24) is 10.2 Å². The van der Waals surface area contributed by atoms with E-state index in [1.807, 2.05) is 0 Å². The maximum Gasteiger partial charge on any atom is 0.329 e. The number of phenols is 1. The van der Waals surface area contributed by atoms with E-state index >= 15 is 0 Å². The summed E-state index contributed by atoms with van der Waals surface area (Å²) in [6, 6.07) is 10.8. The van der Waals surface area contributed by atoms with Gasteiger partial charge in [-0.25, -0.2) is 9.69 Å². The van der Waals surface area contributed by atoms with Crippen LogP contribution in [0.3, 0.4) is 0 Å². The third-order valence-electron chi connectivity index (χ3n) is 4.20. The normalized spacial score (nSPS) is 14.7. The first-order valence-electron chi connectivity index (χ1n) is 8.58. The summed E-state index contributed by atoms with van der Waals surface area (Å²) >= 11 is 0. The number of carbonyl (C=O) groups excluding carboxylic acids is 3. The number of phenolic OH excluding ortho intramolecular Hbond substituents is 1. The van der Waals surface area contributed by atoms with Gasteiger partial charge in [0.2, 0.25) is 5.91 Å². The number of imide groups is 1. The van der Waals surface area contributed by atoms with E-state index in [-0.39, 0.29) is 22.8 Å². The molecule has 0 bridgehead atoms. The molecule has 1 aliphatic heterocycles. The van der Waals surface area contributed by atoms with Crippen molar-refractivity contribution in [3.05, 3.63) is 53.7 Å². The Balaban J connectivity index is 1.75. The highest BCUT2D eigenvalue weighted by atomic mass is 16.5. The van der Waals surface area contributed by atoms with E-state index in [9.17, 15) is 19.5 Å². The topological polar surface area (TPSA) is 117 Å². The zero-order valence-electron chi connectivity index (χ0n) is 15.8. The second kappa shape index (κ2) is 8.34. The first kappa shape index (κ1) is 19.7. The number of rotatable bonds is 6. The van der Waals surface area contributed by atoms with Crippen LogP contribution in [0.5, 0.6) is 17.2 Å². The average molecular weight is 397 g/mol. The quantitative estimate of drug-likeness (QED) is 0.507. The Labute approximate surface area is 166 Å². The summed E-state index contributed by atoms with van der Waals surface area (Å²) in [5.74, 6) is -0.746. The van der Waals surface area contributed by atoms with Crippen LogP contribution in [0.15, 0.2) is 48.2 Å². The van der Waals surface area contributed by atoms with Crippen molar-refractivity contribution in [3.8, 4) is 17.2 Å². The van der Waals surface area contributed by atoms with E-state index < -0.39 is 24.4 Å². The van der Waals surface area contributed by atoms with Gasteiger partial charge in [0, 0.05) is 5.56 Å². The fourth-order valence-corrected chi connectivity index (χ4v) is 2.77. The summed E-state index contributed by atoms with van der Waals surface area (Å²) < 4.78 is 10.2. The Bertz CT molecular complexity index is 1000. The average Bonchev–Trinajstić information content (AvgIpc) is 2.97. The number of amides is 4. The molecule has 2 aromatic carbocycles. The summed E-state index contributed by atoms with van der Waals surface area (Å²) in [5.41, 5.74) is 0.640. The molecule has 9 nitrogen and oxygen atoms in total. The van der Waals surface area contributed by atoms with Crippen LogP contribution in [0.2, 0.25) is 0 Å². The van der Waals surface area contributed by atoms with Gasteiger partial charge in [-0.3, -0.25) is 9.59 Å². The molecule has 0 spiro atoms. The van der Waals surface area contributed by atoms with Gasteiger partial charge in [-0.2, -0.15) is 0 Å². The fourth-order valence-electron chi connectivity index (χ4n) is 2.77. The lowest BCUT2D eigenvalue weighted by Gasteiger charge is -2.13. The number of methoxy groups -OCH3 is 2. The van der Waals surface area contributed by atoms with Gasteiger partial charge in [0.15, 0.2) is 11.5 Å². The van der Waals surface area contributed by atoms with E-state index in [0.717, 1.165) is 4.90 Å². The van der Waals surface area contributed by atoms with E-state index in [1.165, 1.54) is 20.3 Å². The molecular weight excluding hydrogens is 378 g/mol. The van der Waals surface area contributed by atoms with Crippen molar-refractivity contribution >= 4 is 29.6 Å². The second-order valence-electron chi connectivity index (χ2n) is 6.03. The molecule has 0 aliphatic carbocycles. The van der Waals surface area contributed by atoms with Gasteiger partial charge >= 0.3 is 6.03 Å². The molecule has 3 rings (SSSR count). The Hall–Kier alpha value is -4.01. The Morgan fingerprint density at radius 3 is 2.52 bits per heavy atom. The smallest absolute Gasteiger partial charge is 0.329 e. The van der Waals surface area contributed by atoms with Gasteiger partial charge in [-0.15, -0.1) is 0 Å². The monoisotopic (exact) mass is 397 g/mol. The molecule has 0 atom stereocenters. The Morgan fingerprint density at radius 2 is 1.79 bits per heavy atom. The number of carbonyl (C=O) groups is 3. The first-order chi connectivity index (χ1) is 13.9. The first-order valence-corrected chi connectivity index (χ1v) is 8.58. The van der Waals surface area contributed by atoms with Crippen molar-refractivity contribution in [2.45, 2.75) is 0 Å². The molecule has 2 aromatic rings. The van der Waals surface area contributed by atoms with E-state index in [1.54, 1.807) is 42.5 Å². The minimum atomic E-state index is -0.737. The van der Waals surface area contributed by atoms with Crippen LogP contribution < -0.4 is 20.1 Å². The van der Waals surface area contributed by atoms with Crippen LogP contribution in [0.4, 0.5) is 10.5 Å². The highest BCUT2D eigenvalue weighted by molar-refractivity contribution is 6.16. The molecule has 1 fully saturated rings. The summed E-state index contributed by atoms with van der Waals surface area (Å²) in [4.78, 5) is 37.8. The number of hydrogen-bond donors (Lipinski definition) is 3. The lowest BCUT2D eigenvalue weighted by molar-refractivity contribution is -0.127. The molecule has 0 saturated carbocycles. The van der Waals surface area contributed by atoms with Gasteiger partial charge < -0.3 is 25.2 Å². The van der Waals surface area contributed by atoms with E-state index in [0.29, 0.717) is 11.4 Å². The zero-order valence-corrected chi connectivity index (χ0v) is 15.8. The van der Waals surface area contributed by atoms with Crippen LogP contribution in [-0.4, -0.2) is 48.6 Å². The molecule has 9 heteroatoms. The maximum atomic E-state index is 12.6. The number of benzene rings is 2. The number of nitrogens with zero attached hydrogens (tertiary/aromatic N) is 1. The van der Waals surface area contributed by atoms with Gasteiger partial charge in [-0.1, -0.05) is 24.3 Å². The summed E-state index contributed by atoms with van der Waals surface area (Å²) in [7, 11) is 2.87. The van der Waals surface area contributed by atoms with Crippen LogP contribution in [0, 0.1) is 0 Å². The predicted molar refractivity (Wildman–Crippen MR) is 105 cm³/mol. The third kappa shape index (κ3) is 4.13. The number of nitrogens with one attached hydrogen (secondary N) is 2. The molecule has 1 heterocycles. The number of ether oxygens (including phenoxy) is 2. The fraction of sp³-hybridized carbons (Fsp3) is 0.150. The third-order valence-corrected chi connectivity index (χ3v) is 4.20. The highest BCUT2D eigenvalue weighted by Gasteiger charge is 2.35. The van der Waals surface area contributed by atoms with Gasteiger partial charge in [0.1, 0.15) is 18.0 Å². The second-order valence-corrected chi connectivity index (χ2v) is 6.03. The van der Waals surface area contributed by atoms with Crippen LogP contribution in [0.25, 0.3) is 6.08 Å². The molecule has 0 aromatic heterocycles.